The van der Waals surface area contributed by atoms with Crippen molar-refractivity contribution in [3.63, 3.8) is 0 Å². The molecule has 0 radical (unpaired) electrons. The molecule has 2 N–H and O–H groups in total. The molecule has 5 nitrogen and oxygen atoms in total. The lowest BCUT2D eigenvalue weighted by molar-refractivity contribution is 0.0288. The van der Waals surface area contributed by atoms with E-state index in [-0.39, 0.29) is 6.09 Å². The summed E-state index contributed by atoms with van der Waals surface area (Å²) >= 11 is 0. The van der Waals surface area contributed by atoms with Crippen molar-refractivity contribution >= 4 is 6.09 Å². The van der Waals surface area contributed by atoms with Crippen LogP contribution in [0.25, 0.3) is 0 Å². The molecule has 0 aromatic heterocycles. The highest BCUT2D eigenvalue weighted by Gasteiger charge is 2.29. The van der Waals surface area contributed by atoms with E-state index in [0.717, 1.165) is 39.1 Å². The number of hydrogen-bond donors (Lipinski definition) is 2. The Morgan fingerprint density at radius 2 is 2.00 bits per heavy atom. The second-order valence-electron chi connectivity index (χ2n) is 7.01. The van der Waals surface area contributed by atoms with Crippen LogP contribution < -0.4 is 10.6 Å². The SMILES string of the molecule is CC(C)(C)OC(=O)N1CCC(CNC2CCNCC2)C1. The molecule has 2 aliphatic rings. The summed E-state index contributed by atoms with van der Waals surface area (Å²) in [4.78, 5) is 13.8. The zero-order valence-electron chi connectivity index (χ0n) is 13.1. The van der Waals surface area contributed by atoms with Crippen molar-refractivity contribution in [3.8, 4) is 0 Å². The number of nitrogens with one attached hydrogen (secondary N) is 2. The number of hydrogen-bond acceptors (Lipinski definition) is 4. The Labute approximate surface area is 122 Å². The smallest absolute Gasteiger partial charge is 0.410 e. The lowest BCUT2D eigenvalue weighted by atomic mass is 10.0. The number of rotatable bonds is 3. The van der Waals surface area contributed by atoms with Gasteiger partial charge in [0.15, 0.2) is 0 Å². The fourth-order valence-corrected chi connectivity index (χ4v) is 2.85. The first-order valence-corrected chi connectivity index (χ1v) is 7.86. The van der Waals surface area contributed by atoms with Crippen LogP contribution in [0.5, 0.6) is 0 Å². The summed E-state index contributed by atoms with van der Waals surface area (Å²) in [6.07, 6.45) is 3.34. The molecule has 2 fully saturated rings. The maximum Gasteiger partial charge on any atom is 0.410 e. The van der Waals surface area contributed by atoms with Gasteiger partial charge in [0, 0.05) is 19.1 Å². The van der Waals surface area contributed by atoms with E-state index in [9.17, 15) is 4.79 Å². The quantitative estimate of drug-likeness (QED) is 0.826. The molecule has 2 saturated heterocycles. The van der Waals surface area contributed by atoms with Crippen LogP contribution in [0, 0.1) is 5.92 Å². The molecule has 1 unspecified atom stereocenters. The highest BCUT2D eigenvalue weighted by atomic mass is 16.6. The van der Waals surface area contributed by atoms with Gasteiger partial charge in [0.05, 0.1) is 0 Å². The van der Waals surface area contributed by atoms with E-state index in [2.05, 4.69) is 10.6 Å². The third-order valence-electron chi connectivity index (χ3n) is 3.97. The third kappa shape index (κ3) is 4.94. The fraction of sp³-hybridized carbons (Fsp3) is 0.933. The average Bonchev–Trinajstić information content (AvgIpc) is 2.84. The molecule has 2 rings (SSSR count). The van der Waals surface area contributed by atoms with Crippen LogP contribution in [0.15, 0.2) is 0 Å². The van der Waals surface area contributed by atoms with E-state index in [4.69, 9.17) is 4.74 Å². The van der Waals surface area contributed by atoms with Gasteiger partial charge < -0.3 is 20.3 Å². The van der Waals surface area contributed by atoms with E-state index < -0.39 is 5.60 Å². The molecular formula is C15H29N3O2. The van der Waals surface area contributed by atoms with Crippen LogP contribution >= 0.6 is 0 Å². The number of likely N-dealkylation sites (tertiary alicyclic amines) is 1. The molecule has 5 heteroatoms. The molecule has 0 bridgehead atoms. The third-order valence-corrected chi connectivity index (χ3v) is 3.97. The lowest BCUT2D eigenvalue weighted by Crippen LogP contribution is -2.42. The van der Waals surface area contributed by atoms with Gasteiger partial charge in [-0.15, -0.1) is 0 Å². The van der Waals surface area contributed by atoms with Gasteiger partial charge in [-0.1, -0.05) is 0 Å². The minimum Gasteiger partial charge on any atom is -0.444 e. The first-order chi connectivity index (χ1) is 9.44. The van der Waals surface area contributed by atoms with Gasteiger partial charge in [0.2, 0.25) is 0 Å². The molecular weight excluding hydrogens is 254 g/mol. The maximum atomic E-state index is 12.0. The number of carbonyl (C=O) groups is 1. The number of nitrogens with zero attached hydrogens (tertiary/aromatic N) is 1. The largest absolute Gasteiger partial charge is 0.444 e. The summed E-state index contributed by atoms with van der Waals surface area (Å²) in [6.45, 7) is 10.6. The van der Waals surface area contributed by atoms with Crippen LogP contribution in [0.2, 0.25) is 0 Å². The van der Waals surface area contributed by atoms with E-state index in [1.807, 2.05) is 25.7 Å². The van der Waals surface area contributed by atoms with Crippen LogP contribution in [0.1, 0.15) is 40.0 Å². The van der Waals surface area contributed by atoms with Crippen molar-refractivity contribution in [3.05, 3.63) is 0 Å². The molecule has 2 aliphatic heterocycles. The zero-order chi connectivity index (χ0) is 14.6. The van der Waals surface area contributed by atoms with Crippen molar-refractivity contribution in [2.24, 2.45) is 5.92 Å². The van der Waals surface area contributed by atoms with Crippen LogP contribution in [-0.2, 0) is 4.74 Å². The molecule has 0 aromatic carbocycles. The van der Waals surface area contributed by atoms with Crippen molar-refractivity contribution in [2.75, 3.05) is 32.7 Å². The Kier molecular flexibility index (Phi) is 5.27. The molecule has 2 heterocycles. The predicted molar refractivity (Wildman–Crippen MR) is 79.8 cm³/mol. The van der Waals surface area contributed by atoms with Gasteiger partial charge in [-0.05, 0) is 65.6 Å². The minimum absolute atomic E-state index is 0.165. The summed E-state index contributed by atoms with van der Waals surface area (Å²) < 4.78 is 5.42. The van der Waals surface area contributed by atoms with Crippen LogP contribution in [0.4, 0.5) is 4.79 Å². The van der Waals surface area contributed by atoms with E-state index in [1.54, 1.807) is 0 Å². The summed E-state index contributed by atoms with van der Waals surface area (Å²) in [5, 5.41) is 7.03. The second-order valence-corrected chi connectivity index (χ2v) is 7.01. The second kappa shape index (κ2) is 6.76. The molecule has 0 spiro atoms. The van der Waals surface area contributed by atoms with Crippen molar-refractivity contribution in [1.29, 1.82) is 0 Å². The normalized spacial score (nSPS) is 24.9. The standard InChI is InChI=1S/C15H29N3O2/c1-15(2,3)20-14(19)18-9-6-12(11-18)10-17-13-4-7-16-8-5-13/h12-13,16-17H,4-11H2,1-3H3. The molecule has 0 saturated carbocycles. The lowest BCUT2D eigenvalue weighted by Gasteiger charge is -2.26. The Balaban J connectivity index is 1.68. The molecule has 20 heavy (non-hydrogen) atoms. The molecule has 1 atom stereocenters. The Hall–Kier alpha value is -0.810. The monoisotopic (exact) mass is 283 g/mol. The number of amides is 1. The van der Waals surface area contributed by atoms with E-state index in [0.29, 0.717) is 12.0 Å². The van der Waals surface area contributed by atoms with Gasteiger partial charge >= 0.3 is 6.09 Å². The van der Waals surface area contributed by atoms with Gasteiger partial charge in [0.1, 0.15) is 5.60 Å². The van der Waals surface area contributed by atoms with Gasteiger partial charge in [0.25, 0.3) is 0 Å². The van der Waals surface area contributed by atoms with E-state index in [1.165, 1.54) is 12.8 Å². The molecule has 0 aliphatic carbocycles. The van der Waals surface area contributed by atoms with Gasteiger partial charge in [-0.25, -0.2) is 4.79 Å². The first-order valence-electron chi connectivity index (χ1n) is 7.86. The minimum atomic E-state index is -0.400. The van der Waals surface area contributed by atoms with Gasteiger partial charge in [-0.3, -0.25) is 0 Å². The van der Waals surface area contributed by atoms with E-state index >= 15 is 0 Å². The molecule has 0 aromatic rings. The predicted octanol–water partition coefficient (Wildman–Crippen LogP) is 1.58. The average molecular weight is 283 g/mol. The Morgan fingerprint density at radius 1 is 1.30 bits per heavy atom. The number of carbonyl (C=O) groups excluding carboxylic acids is 1. The first kappa shape index (κ1) is 15.6. The van der Waals surface area contributed by atoms with Crippen LogP contribution in [0.3, 0.4) is 0 Å². The fourth-order valence-electron chi connectivity index (χ4n) is 2.85. The highest BCUT2D eigenvalue weighted by Crippen LogP contribution is 2.19. The number of ether oxygens (including phenoxy) is 1. The number of piperidine rings is 1. The summed E-state index contributed by atoms with van der Waals surface area (Å²) in [5.41, 5.74) is -0.400. The topological polar surface area (TPSA) is 53.6 Å². The van der Waals surface area contributed by atoms with Gasteiger partial charge in [-0.2, -0.15) is 0 Å². The Bertz CT molecular complexity index is 322. The summed E-state index contributed by atoms with van der Waals surface area (Å²) in [5.74, 6) is 0.567. The molecule has 116 valence electrons. The highest BCUT2D eigenvalue weighted by molar-refractivity contribution is 5.68. The van der Waals surface area contributed by atoms with Crippen molar-refractivity contribution in [1.82, 2.24) is 15.5 Å². The maximum absolute atomic E-state index is 12.0. The van der Waals surface area contributed by atoms with Crippen molar-refractivity contribution in [2.45, 2.75) is 51.7 Å². The molecule has 1 amide bonds. The summed E-state index contributed by atoms with van der Waals surface area (Å²) in [7, 11) is 0. The zero-order valence-corrected chi connectivity index (χ0v) is 13.1. The Morgan fingerprint density at radius 3 is 2.65 bits per heavy atom. The van der Waals surface area contributed by atoms with Crippen LogP contribution in [-0.4, -0.2) is 55.4 Å². The summed E-state index contributed by atoms with van der Waals surface area (Å²) in [6, 6.07) is 0.645. The van der Waals surface area contributed by atoms with Crippen molar-refractivity contribution < 1.29 is 9.53 Å².